The molecule has 0 aromatic heterocycles. The van der Waals surface area contributed by atoms with Crippen LogP contribution in [0.3, 0.4) is 0 Å². The van der Waals surface area contributed by atoms with E-state index in [2.05, 4.69) is 15.9 Å². The van der Waals surface area contributed by atoms with E-state index in [0.717, 1.165) is 0 Å². The van der Waals surface area contributed by atoms with Gasteiger partial charge in [0.15, 0.2) is 0 Å². The maximum absolute atomic E-state index is 11.9. The molecule has 0 aliphatic carbocycles. The van der Waals surface area contributed by atoms with Crippen LogP contribution in [0.1, 0.15) is 31.1 Å². The first kappa shape index (κ1) is 16.5. The van der Waals surface area contributed by atoms with E-state index in [1.54, 1.807) is 6.92 Å². The Balaban J connectivity index is 3.07. The molecule has 0 amide bonds. The number of esters is 1. The summed E-state index contributed by atoms with van der Waals surface area (Å²) in [7, 11) is 1.37. The molecular formula is C12H14BrClO4S. The highest BCUT2D eigenvalue weighted by Crippen LogP contribution is 2.26. The SMILES string of the molecule is CC(C)C(C)OC(=O)c1ccc(Br)c(S(=O)(=O)Cl)c1. The van der Waals surface area contributed by atoms with Gasteiger partial charge < -0.3 is 4.74 Å². The molecule has 0 N–H and O–H groups in total. The summed E-state index contributed by atoms with van der Waals surface area (Å²) >= 11 is 3.07. The smallest absolute Gasteiger partial charge is 0.338 e. The molecule has 0 spiro atoms. The Morgan fingerprint density at radius 3 is 2.37 bits per heavy atom. The van der Waals surface area contributed by atoms with Crippen LogP contribution < -0.4 is 0 Å². The first-order valence-corrected chi connectivity index (χ1v) is 8.68. The molecule has 1 aromatic carbocycles. The zero-order valence-corrected chi connectivity index (χ0v) is 13.8. The Hall–Kier alpha value is -0.590. The van der Waals surface area contributed by atoms with Gasteiger partial charge in [0.05, 0.1) is 10.5 Å². The molecular weight excluding hydrogens is 356 g/mol. The van der Waals surface area contributed by atoms with Crippen LogP contribution >= 0.6 is 26.6 Å². The number of carbonyl (C=O) groups is 1. The van der Waals surface area contributed by atoms with Crippen LogP contribution in [0.2, 0.25) is 0 Å². The Bertz CT molecular complexity index is 583. The molecule has 0 aliphatic rings. The predicted molar refractivity (Wildman–Crippen MR) is 76.9 cm³/mol. The second-order valence-corrected chi connectivity index (χ2v) is 7.83. The lowest BCUT2D eigenvalue weighted by molar-refractivity contribution is 0.0237. The third-order valence-corrected chi connectivity index (χ3v) is 4.98. The number of hydrogen-bond acceptors (Lipinski definition) is 4. The van der Waals surface area contributed by atoms with E-state index in [1.807, 2.05) is 13.8 Å². The van der Waals surface area contributed by atoms with E-state index >= 15 is 0 Å². The summed E-state index contributed by atoms with van der Waals surface area (Å²) in [6.07, 6.45) is -0.257. The van der Waals surface area contributed by atoms with Crippen LogP contribution in [0, 0.1) is 5.92 Å². The number of carbonyl (C=O) groups excluding carboxylic acids is 1. The van der Waals surface area contributed by atoms with Gasteiger partial charge in [0.1, 0.15) is 6.10 Å². The fourth-order valence-electron chi connectivity index (χ4n) is 1.19. The minimum absolute atomic E-state index is 0.148. The van der Waals surface area contributed by atoms with Gasteiger partial charge in [-0.2, -0.15) is 0 Å². The van der Waals surface area contributed by atoms with E-state index in [-0.39, 0.29) is 22.5 Å². The average Bonchev–Trinajstić information content (AvgIpc) is 2.27. The van der Waals surface area contributed by atoms with Crippen LogP contribution in [0.15, 0.2) is 27.6 Å². The molecule has 0 heterocycles. The first-order valence-electron chi connectivity index (χ1n) is 5.58. The number of benzene rings is 1. The van der Waals surface area contributed by atoms with Gasteiger partial charge in [-0.25, -0.2) is 13.2 Å². The Morgan fingerprint density at radius 2 is 1.89 bits per heavy atom. The lowest BCUT2D eigenvalue weighted by atomic mass is 10.1. The van der Waals surface area contributed by atoms with E-state index in [1.165, 1.54) is 18.2 Å². The number of hydrogen-bond donors (Lipinski definition) is 0. The molecule has 106 valence electrons. The van der Waals surface area contributed by atoms with Gasteiger partial charge in [0.25, 0.3) is 9.05 Å². The summed E-state index contributed by atoms with van der Waals surface area (Å²) in [6.45, 7) is 5.63. The number of ether oxygens (including phenoxy) is 1. The summed E-state index contributed by atoms with van der Waals surface area (Å²) in [5.41, 5.74) is 0.148. The topological polar surface area (TPSA) is 60.4 Å². The van der Waals surface area contributed by atoms with Crippen molar-refractivity contribution in [2.45, 2.75) is 31.8 Å². The number of rotatable bonds is 4. The first-order chi connectivity index (χ1) is 8.62. The standard InChI is InChI=1S/C12H14BrClO4S/c1-7(2)8(3)18-12(15)9-4-5-10(13)11(6-9)19(14,16)17/h4-8H,1-3H3. The normalized spacial score (nSPS) is 13.4. The minimum atomic E-state index is -3.92. The van der Waals surface area contributed by atoms with Crippen molar-refractivity contribution in [2.24, 2.45) is 5.92 Å². The summed E-state index contributed by atoms with van der Waals surface area (Å²) in [4.78, 5) is 11.7. The molecule has 0 aliphatic heterocycles. The minimum Gasteiger partial charge on any atom is -0.459 e. The molecule has 1 rings (SSSR count). The quantitative estimate of drug-likeness (QED) is 0.601. The fraction of sp³-hybridized carbons (Fsp3) is 0.417. The van der Waals surface area contributed by atoms with Gasteiger partial charge in [-0.15, -0.1) is 0 Å². The third kappa shape index (κ3) is 4.47. The van der Waals surface area contributed by atoms with E-state index < -0.39 is 15.0 Å². The van der Waals surface area contributed by atoms with Gasteiger partial charge in [0.2, 0.25) is 0 Å². The molecule has 19 heavy (non-hydrogen) atoms. The summed E-state index contributed by atoms with van der Waals surface area (Å²) in [5.74, 6) is -0.397. The van der Waals surface area contributed by atoms with Crippen LogP contribution in [-0.4, -0.2) is 20.5 Å². The molecule has 7 heteroatoms. The Kier molecular flexibility index (Phi) is 5.41. The largest absolute Gasteiger partial charge is 0.459 e. The maximum Gasteiger partial charge on any atom is 0.338 e. The second kappa shape index (κ2) is 6.24. The average molecular weight is 370 g/mol. The zero-order valence-electron chi connectivity index (χ0n) is 10.7. The monoisotopic (exact) mass is 368 g/mol. The van der Waals surface area contributed by atoms with Crippen molar-refractivity contribution in [3.8, 4) is 0 Å². The highest BCUT2D eigenvalue weighted by molar-refractivity contribution is 9.10. The fourth-order valence-corrected chi connectivity index (χ4v) is 3.31. The van der Waals surface area contributed by atoms with E-state index in [9.17, 15) is 13.2 Å². The molecule has 4 nitrogen and oxygen atoms in total. The van der Waals surface area contributed by atoms with E-state index in [4.69, 9.17) is 15.4 Å². The third-order valence-electron chi connectivity index (χ3n) is 2.66. The van der Waals surface area contributed by atoms with Crippen LogP contribution in [-0.2, 0) is 13.8 Å². The predicted octanol–water partition coefficient (Wildman–Crippen LogP) is 3.58. The lowest BCUT2D eigenvalue weighted by Gasteiger charge is -2.16. The maximum atomic E-state index is 11.9. The van der Waals surface area contributed by atoms with Crippen LogP contribution in [0.4, 0.5) is 0 Å². The van der Waals surface area contributed by atoms with Gasteiger partial charge in [-0.3, -0.25) is 0 Å². The van der Waals surface area contributed by atoms with Gasteiger partial charge in [-0.05, 0) is 47.0 Å². The van der Waals surface area contributed by atoms with Crippen molar-refractivity contribution < 1.29 is 17.9 Å². The van der Waals surface area contributed by atoms with Gasteiger partial charge in [-0.1, -0.05) is 13.8 Å². The van der Waals surface area contributed by atoms with Crippen molar-refractivity contribution in [1.29, 1.82) is 0 Å². The van der Waals surface area contributed by atoms with Crippen molar-refractivity contribution >= 4 is 41.6 Å². The van der Waals surface area contributed by atoms with Crippen molar-refractivity contribution in [3.63, 3.8) is 0 Å². The van der Waals surface area contributed by atoms with Crippen LogP contribution in [0.25, 0.3) is 0 Å². The Labute approximate surface area is 125 Å². The molecule has 1 aromatic rings. The molecule has 0 saturated carbocycles. The molecule has 1 unspecified atom stereocenters. The summed E-state index contributed by atoms with van der Waals surface area (Å²) < 4.78 is 28.2. The van der Waals surface area contributed by atoms with Gasteiger partial charge >= 0.3 is 5.97 Å². The zero-order chi connectivity index (χ0) is 14.8. The van der Waals surface area contributed by atoms with Gasteiger partial charge in [0, 0.05) is 15.2 Å². The number of halogens is 2. The Morgan fingerprint density at radius 1 is 1.32 bits per heavy atom. The highest BCUT2D eigenvalue weighted by Gasteiger charge is 2.20. The molecule has 0 radical (unpaired) electrons. The van der Waals surface area contributed by atoms with E-state index in [0.29, 0.717) is 4.47 Å². The van der Waals surface area contributed by atoms with Crippen molar-refractivity contribution in [3.05, 3.63) is 28.2 Å². The van der Waals surface area contributed by atoms with Crippen molar-refractivity contribution in [1.82, 2.24) is 0 Å². The molecule has 1 atom stereocenters. The molecule has 0 fully saturated rings. The van der Waals surface area contributed by atoms with Crippen molar-refractivity contribution in [2.75, 3.05) is 0 Å². The summed E-state index contributed by atoms with van der Waals surface area (Å²) in [5, 5.41) is 0. The molecule has 0 bridgehead atoms. The summed E-state index contributed by atoms with van der Waals surface area (Å²) in [6, 6.07) is 4.12. The second-order valence-electron chi connectivity index (χ2n) is 4.44. The van der Waals surface area contributed by atoms with Crippen LogP contribution in [0.5, 0.6) is 0 Å². The highest BCUT2D eigenvalue weighted by atomic mass is 79.9. The molecule has 0 saturated heterocycles. The lowest BCUT2D eigenvalue weighted by Crippen LogP contribution is -2.20.